The summed E-state index contributed by atoms with van der Waals surface area (Å²) in [7, 11) is 0. The van der Waals surface area contributed by atoms with Crippen molar-refractivity contribution in [3.8, 4) is 0 Å². The van der Waals surface area contributed by atoms with Crippen LogP contribution in [0.3, 0.4) is 0 Å². The second-order valence-corrected chi connectivity index (χ2v) is 8.12. The Morgan fingerprint density at radius 2 is 1.97 bits per heavy atom. The van der Waals surface area contributed by atoms with Crippen LogP contribution in [0.25, 0.3) is 0 Å². The van der Waals surface area contributed by atoms with E-state index in [4.69, 9.17) is 10.1 Å². The summed E-state index contributed by atoms with van der Waals surface area (Å²) in [6.07, 6.45) is 6.23. The maximum atomic E-state index is 12.8. The van der Waals surface area contributed by atoms with Gasteiger partial charge >= 0.3 is 0 Å². The molecule has 0 aromatic carbocycles. The van der Waals surface area contributed by atoms with Crippen molar-refractivity contribution < 1.29 is 9.90 Å². The first-order chi connectivity index (χ1) is 14.0. The van der Waals surface area contributed by atoms with Gasteiger partial charge in [-0.25, -0.2) is 9.97 Å². The quantitative estimate of drug-likeness (QED) is 0.782. The highest BCUT2D eigenvalue weighted by molar-refractivity contribution is 5.92. The van der Waals surface area contributed by atoms with E-state index in [2.05, 4.69) is 28.2 Å². The third kappa shape index (κ3) is 4.50. The van der Waals surface area contributed by atoms with Gasteiger partial charge in [0.25, 0.3) is 5.91 Å². The van der Waals surface area contributed by atoms with E-state index in [1.807, 2.05) is 24.1 Å². The lowest BCUT2D eigenvalue weighted by Gasteiger charge is -2.36. The third-order valence-electron chi connectivity index (χ3n) is 5.66. The van der Waals surface area contributed by atoms with Crippen LogP contribution in [0.4, 0.5) is 11.5 Å². The molecular formula is C22H29N5O2. The fourth-order valence-corrected chi connectivity index (χ4v) is 3.78. The van der Waals surface area contributed by atoms with Crippen LogP contribution in [0.5, 0.6) is 0 Å². The molecule has 2 fully saturated rings. The fraction of sp³-hybridized carbons (Fsp3) is 0.500. The molecule has 1 amide bonds. The zero-order valence-electron chi connectivity index (χ0n) is 17.1. The van der Waals surface area contributed by atoms with Crippen molar-refractivity contribution in [3.05, 3.63) is 47.4 Å². The number of carbonyl (C=O) groups is 1. The van der Waals surface area contributed by atoms with Gasteiger partial charge in [-0.05, 0) is 55.9 Å². The molecule has 1 aliphatic carbocycles. The van der Waals surface area contributed by atoms with Crippen molar-refractivity contribution in [2.45, 2.75) is 38.6 Å². The maximum Gasteiger partial charge on any atom is 0.272 e. The van der Waals surface area contributed by atoms with E-state index >= 15 is 0 Å². The summed E-state index contributed by atoms with van der Waals surface area (Å²) >= 11 is 0. The number of aliphatic hydroxyl groups excluding tert-OH is 1. The van der Waals surface area contributed by atoms with Gasteiger partial charge in [0.15, 0.2) is 0 Å². The Morgan fingerprint density at radius 1 is 1.21 bits per heavy atom. The van der Waals surface area contributed by atoms with Gasteiger partial charge in [0.2, 0.25) is 0 Å². The van der Waals surface area contributed by atoms with E-state index in [9.17, 15) is 4.79 Å². The summed E-state index contributed by atoms with van der Waals surface area (Å²) < 4.78 is 0. The lowest BCUT2D eigenvalue weighted by atomic mass is 10.1. The highest BCUT2D eigenvalue weighted by Gasteiger charge is 2.27. The van der Waals surface area contributed by atoms with Gasteiger partial charge in [0.05, 0.1) is 18.5 Å². The second-order valence-electron chi connectivity index (χ2n) is 8.12. The molecule has 2 N–H and O–H groups in total. The smallest absolute Gasteiger partial charge is 0.272 e. The van der Waals surface area contributed by atoms with E-state index in [0.29, 0.717) is 24.7 Å². The topological polar surface area (TPSA) is 81.6 Å². The highest BCUT2D eigenvalue weighted by atomic mass is 16.3. The highest BCUT2D eigenvalue weighted by Crippen LogP contribution is 2.40. The first kappa shape index (κ1) is 19.6. The van der Waals surface area contributed by atoms with Crippen LogP contribution in [0.2, 0.25) is 0 Å². The number of pyridine rings is 2. The molecule has 0 unspecified atom stereocenters. The number of aryl methyl sites for hydroxylation is 1. The average molecular weight is 396 g/mol. The van der Waals surface area contributed by atoms with Crippen LogP contribution in [0, 0.1) is 6.92 Å². The molecule has 154 valence electrons. The van der Waals surface area contributed by atoms with Gasteiger partial charge in [0.1, 0.15) is 11.5 Å². The molecule has 29 heavy (non-hydrogen) atoms. The monoisotopic (exact) mass is 395 g/mol. The molecule has 1 atom stereocenters. The van der Waals surface area contributed by atoms with E-state index in [1.54, 1.807) is 12.3 Å². The maximum absolute atomic E-state index is 12.8. The van der Waals surface area contributed by atoms with Crippen LogP contribution in [-0.4, -0.2) is 64.7 Å². The SMILES string of the molecule is Cc1cc(C2CC2)cnc1N1CCN(C(=O)c2ccc(N[C@H](C)CO)cn2)CC1. The number of carbonyl (C=O) groups excluding carboxylic acids is 1. The van der Waals surface area contributed by atoms with Gasteiger partial charge in [-0.15, -0.1) is 0 Å². The Labute approximate surface area is 171 Å². The van der Waals surface area contributed by atoms with Crippen LogP contribution >= 0.6 is 0 Å². The number of aromatic nitrogens is 2. The lowest BCUT2D eigenvalue weighted by Crippen LogP contribution is -2.49. The molecule has 0 spiro atoms. The lowest BCUT2D eigenvalue weighted by molar-refractivity contribution is 0.0740. The van der Waals surface area contributed by atoms with Crippen molar-refractivity contribution >= 4 is 17.4 Å². The number of hydrogen-bond donors (Lipinski definition) is 2. The number of piperazine rings is 1. The number of nitrogens with zero attached hydrogens (tertiary/aromatic N) is 4. The summed E-state index contributed by atoms with van der Waals surface area (Å²) in [5.74, 6) is 1.71. The summed E-state index contributed by atoms with van der Waals surface area (Å²) in [6, 6.07) is 5.79. The standard InChI is InChI=1S/C22H29N5O2/c1-15-11-18(17-3-4-17)12-24-21(15)26-7-9-27(10-8-26)22(29)20-6-5-19(13-23-20)25-16(2)14-28/h5-6,11-13,16-17,25,28H,3-4,7-10,14H2,1-2H3/t16-/m1/s1. The number of nitrogens with one attached hydrogen (secondary N) is 1. The average Bonchev–Trinajstić information content (AvgIpc) is 3.59. The predicted octanol–water partition coefficient (Wildman–Crippen LogP) is 2.42. The minimum absolute atomic E-state index is 0.0415. The van der Waals surface area contributed by atoms with Crippen molar-refractivity contribution in [1.82, 2.24) is 14.9 Å². The molecule has 7 nitrogen and oxygen atoms in total. The minimum atomic E-state index is -0.0539. The first-order valence-electron chi connectivity index (χ1n) is 10.4. The molecule has 1 aliphatic heterocycles. The molecule has 2 aliphatic rings. The van der Waals surface area contributed by atoms with E-state index in [0.717, 1.165) is 24.6 Å². The molecule has 1 saturated carbocycles. The van der Waals surface area contributed by atoms with Gasteiger partial charge in [0, 0.05) is 38.4 Å². The largest absolute Gasteiger partial charge is 0.394 e. The number of anilines is 2. The molecule has 7 heteroatoms. The Bertz CT molecular complexity index is 858. The minimum Gasteiger partial charge on any atom is -0.394 e. The van der Waals surface area contributed by atoms with Crippen molar-refractivity contribution in [2.24, 2.45) is 0 Å². The Kier molecular flexibility index (Phi) is 5.67. The van der Waals surface area contributed by atoms with Crippen molar-refractivity contribution in [1.29, 1.82) is 0 Å². The molecule has 0 bridgehead atoms. The summed E-state index contributed by atoms with van der Waals surface area (Å²) in [5.41, 5.74) is 3.82. The first-order valence-corrected chi connectivity index (χ1v) is 10.4. The zero-order valence-corrected chi connectivity index (χ0v) is 17.1. The number of amides is 1. The van der Waals surface area contributed by atoms with Crippen LogP contribution < -0.4 is 10.2 Å². The predicted molar refractivity (Wildman–Crippen MR) is 113 cm³/mol. The van der Waals surface area contributed by atoms with Crippen LogP contribution in [-0.2, 0) is 0 Å². The van der Waals surface area contributed by atoms with Gasteiger partial charge in [-0.3, -0.25) is 4.79 Å². The summed E-state index contributed by atoms with van der Waals surface area (Å²) in [5, 5.41) is 12.2. The zero-order chi connectivity index (χ0) is 20.4. The summed E-state index contributed by atoms with van der Waals surface area (Å²) in [4.78, 5) is 25.9. The van der Waals surface area contributed by atoms with E-state index < -0.39 is 0 Å². The van der Waals surface area contributed by atoms with Gasteiger partial charge in [-0.2, -0.15) is 0 Å². The van der Waals surface area contributed by atoms with Gasteiger partial charge < -0.3 is 20.2 Å². The van der Waals surface area contributed by atoms with Crippen LogP contribution in [0.1, 0.15) is 47.3 Å². The molecule has 0 radical (unpaired) electrons. The Balaban J connectivity index is 1.35. The van der Waals surface area contributed by atoms with Crippen LogP contribution in [0.15, 0.2) is 30.6 Å². The van der Waals surface area contributed by atoms with E-state index in [1.165, 1.54) is 24.0 Å². The number of aliphatic hydroxyl groups is 1. The van der Waals surface area contributed by atoms with Gasteiger partial charge in [-0.1, -0.05) is 6.07 Å². The molecule has 3 heterocycles. The molecule has 2 aromatic heterocycles. The third-order valence-corrected chi connectivity index (χ3v) is 5.66. The fourth-order valence-electron chi connectivity index (χ4n) is 3.78. The normalized spacial score (nSPS) is 17.9. The second kappa shape index (κ2) is 8.37. The number of hydrogen-bond acceptors (Lipinski definition) is 6. The molecular weight excluding hydrogens is 366 g/mol. The van der Waals surface area contributed by atoms with E-state index in [-0.39, 0.29) is 18.6 Å². The molecule has 1 saturated heterocycles. The summed E-state index contributed by atoms with van der Waals surface area (Å²) in [6.45, 7) is 6.92. The van der Waals surface area contributed by atoms with Crippen molar-refractivity contribution in [2.75, 3.05) is 43.0 Å². The Morgan fingerprint density at radius 3 is 2.55 bits per heavy atom. The number of rotatable bonds is 6. The van der Waals surface area contributed by atoms with Crippen molar-refractivity contribution in [3.63, 3.8) is 0 Å². The Hall–Kier alpha value is -2.67. The molecule has 4 rings (SSSR count). The molecule has 2 aromatic rings.